The van der Waals surface area contributed by atoms with Gasteiger partial charge in [0.1, 0.15) is 29.3 Å². The third kappa shape index (κ3) is 3.62. The van der Waals surface area contributed by atoms with Crippen molar-refractivity contribution in [2.24, 2.45) is 5.11 Å². The van der Waals surface area contributed by atoms with Crippen molar-refractivity contribution < 1.29 is 18.9 Å². The van der Waals surface area contributed by atoms with E-state index in [0.29, 0.717) is 10.6 Å². The lowest BCUT2D eigenvalue weighted by Crippen LogP contribution is -2.66. The Balaban J connectivity index is 1.84. The van der Waals surface area contributed by atoms with E-state index < -0.39 is 35.6 Å². The van der Waals surface area contributed by atoms with Crippen LogP contribution in [0.15, 0.2) is 59.7 Å². The summed E-state index contributed by atoms with van der Waals surface area (Å²) in [6.45, 7) is 0.251. The quantitative estimate of drug-likeness (QED) is 0.329. The van der Waals surface area contributed by atoms with Crippen molar-refractivity contribution in [1.82, 2.24) is 0 Å². The number of hydrogen-bond donors (Lipinski definition) is 1. The van der Waals surface area contributed by atoms with Gasteiger partial charge in [0.2, 0.25) is 0 Å². The molecule has 2 aliphatic rings. The summed E-state index contributed by atoms with van der Waals surface area (Å²) in [6, 6.07) is 16.7. The zero-order valence-corrected chi connectivity index (χ0v) is 17.2. The van der Waals surface area contributed by atoms with Gasteiger partial charge in [-0.15, -0.1) is 12.6 Å². The molecule has 29 heavy (non-hydrogen) atoms. The number of azide groups is 1. The van der Waals surface area contributed by atoms with E-state index in [2.05, 4.69) is 22.7 Å². The Labute approximate surface area is 178 Å². The van der Waals surface area contributed by atoms with Gasteiger partial charge in [-0.2, -0.15) is 0 Å². The van der Waals surface area contributed by atoms with Gasteiger partial charge in [0.15, 0.2) is 6.29 Å². The normalized spacial score (nSPS) is 34.1. The molecule has 9 heteroatoms. The van der Waals surface area contributed by atoms with Crippen LogP contribution in [0.2, 0.25) is 5.02 Å². The van der Waals surface area contributed by atoms with Crippen LogP contribution in [0.4, 0.5) is 0 Å². The first kappa shape index (κ1) is 20.5. The second-order valence-corrected chi connectivity index (χ2v) is 7.82. The van der Waals surface area contributed by atoms with Gasteiger partial charge < -0.3 is 18.9 Å². The maximum Gasteiger partial charge on any atom is 0.184 e. The monoisotopic (exact) mass is 433 g/mol. The highest BCUT2D eigenvalue weighted by Gasteiger charge is 2.60. The molecule has 0 saturated carbocycles. The average Bonchev–Trinajstić information content (AvgIpc) is 2.74. The number of rotatable bonds is 4. The van der Waals surface area contributed by atoms with E-state index in [0.717, 1.165) is 5.56 Å². The van der Waals surface area contributed by atoms with Crippen molar-refractivity contribution >= 4 is 24.2 Å². The summed E-state index contributed by atoms with van der Waals surface area (Å²) in [6.07, 6.45) is -2.53. The van der Waals surface area contributed by atoms with Crippen molar-refractivity contribution in [1.29, 1.82) is 0 Å². The van der Waals surface area contributed by atoms with E-state index in [1.165, 1.54) is 7.11 Å². The van der Waals surface area contributed by atoms with Gasteiger partial charge in [0.25, 0.3) is 0 Å². The molecule has 2 aromatic rings. The highest BCUT2D eigenvalue weighted by atomic mass is 35.5. The molecule has 4 rings (SSSR count). The summed E-state index contributed by atoms with van der Waals surface area (Å²) >= 11 is 10.8. The molecule has 0 amide bonds. The molecule has 2 heterocycles. The number of thiol groups is 1. The summed E-state index contributed by atoms with van der Waals surface area (Å²) in [4.78, 5) is 3.15. The van der Waals surface area contributed by atoms with Crippen LogP contribution < -0.4 is 0 Å². The van der Waals surface area contributed by atoms with E-state index in [-0.39, 0.29) is 6.61 Å². The molecule has 2 aromatic carbocycles. The Hall–Kier alpha value is -1.77. The summed E-state index contributed by atoms with van der Waals surface area (Å²) < 4.78 is 24.0. The van der Waals surface area contributed by atoms with Crippen LogP contribution >= 0.6 is 24.2 Å². The standard InChI is InChI=1S/C20H20ClN3O4S/c1-25-17-19(29)27-15-11-26-18(12-6-3-2-4-7-12)28-16(15)20(17,23-24-22)13-8-5-9-14(21)10-13/h2-10,15-19,29H,11H2,1H3/t15-,16+,17+,18?,19-,20?/m1/s1. The minimum atomic E-state index is -1.25. The van der Waals surface area contributed by atoms with Crippen LogP contribution in [0.3, 0.4) is 0 Å². The van der Waals surface area contributed by atoms with Crippen molar-refractivity contribution in [3.8, 4) is 0 Å². The molecule has 0 bridgehead atoms. The first-order valence-electron chi connectivity index (χ1n) is 9.10. The fourth-order valence-electron chi connectivity index (χ4n) is 4.05. The molecule has 0 N–H and O–H groups in total. The van der Waals surface area contributed by atoms with Crippen LogP contribution in [0.25, 0.3) is 10.4 Å². The number of halogens is 1. The first-order chi connectivity index (χ1) is 14.1. The highest BCUT2D eigenvalue weighted by molar-refractivity contribution is 7.80. The minimum Gasteiger partial charge on any atom is -0.377 e. The molecule has 0 aromatic heterocycles. The van der Waals surface area contributed by atoms with Crippen molar-refractivity contribution in [2.75, 3.05) is 13.7 Å². The van der Waals surface area contributed by atoms with Gasteiger partial charge in [-0.1, -0.05) is 59.2 Å². The van der Waals surface area contributed by atoms with Gasteiger partial charge in [-0.05, 0) is 23.2 Å². The molecule has 0 radical (unpaired) electrons. The molecular formula is C20H20ClN3O4S. The van der Waals surface area contributed by atoms with Crippen LogP contribution in [0.1, 0.15) is 17.4 Å². The maximum atomic E-state index is 9.50. The van der Waals surface area contributed by atoms with Crippen LogP contribution in [-0.4, -0.2) is 37.5 Å². The lowest BCUT2D eigenvalue weighted by molar-refractivity contribution is -0.317. The molecule has 7 nitrogen and oxygen atoms in total. The minimum absolute atomic E-state index is 0.251. The fourth-order valence-corrected chi connectivity index (χ4v) is 4.75. The third-order valence-electron chi connectivity index (χ3n) is 5.28. The van der Waals surface area contributed by atoms with Crippen LogP contribution in [0.5, 0.6) is 0 Å². The van der Waals surface area contributed by atoms with E-state index in [1.807, 2.05) is 36.4 Å². The molecule has 2 unspecified atom stereocenters. The van der Waals surface area contributed by atoms with Gasteiger partial charge in [-0.25, -0.2) is 0 Å². The Morgan fingerprint density at radius 3 is 2.69 bits per heavy atom. The predicted molar refractivity (Wildman–Crippen MR) is 111 cm³/mol. The lowest BCUT2D eigenvalue weighted by atomic mass is 9.75. The molecule has 0 aliphatic carbocycles. The molecule has 2 fully saturated rings. The number of nitrogens with zero attached hydrogens (tertiary/aromatic N) is 3. The van der Waals surface area contributed by atoms with E-state index in [1.54, 1.807) is 18.2 Å². The Morgan fingerprint density at radius 1 is 1.21 bits per heavy atom. The van der Waals surface area contributed by atoms with E-state index in [4.69, 9.17) is 30.5 Å². The smallest absolute Gasteiger partial charge is 0.184 e. The van der Waals surface area contributed by atoms with Crippen molar-refractivity contribution in [2.45, 2.75) is 35.6 Å². The van der Waals surface area contributed by atoms with Crippen molar-refractivity contribution in [3.05, 3.63) is 81.2 Å². The Morgan fingerprint density at radius 2 is 2.00 bits per heavy atom. The molecular weight excluding hydrogens is 414 g/mol. The SMILES string of the molecule is CO[C@H]1[C@@H](S)O[C@@H]2COC(c3ccccc3)O[C@@H]2C1(N=[N+]=[N-])c1cccc(Cl)c1. The summed E-state index contributed by atoms with van der Waals surface area (Å²) in [5, 5.41) is 4.74. The lowest BCUT2D eigenvalue weighted by Gasteiger charge is -2.53. The van der Waals surface area contributed by atoms with Gasteiger partial charge in [-0.3, -0.25) is 0 Å². The molecule has 152 valence electrons. The van der Waals surface area contributed by atoms with Gasteiger partial charge in [0.05, 0.1) is 6.61 Å². The maximum absolute atomic E-state index is 9.50. The Bertz CT molecular complexity index is 914. The van der Waals surface area contributed by atoms with E-state index >= 15 is 0 Å². The highest BCUT2D eigenvalue weighted by Crippen LogP contribution is 2.49. The number of methoxy groups -OCH3 is 1. The van der Waals surface area contributed by atoms with Crippen molar-refractivity contribution in [3.63, 3.8) is 0 Å². The molecule has 2 aliphatic heterocycles. The zero-order chi connectivity index (χ0) is 20.4. The van der Waals surface area contributed by atoms with E-state index in [9.17, 15) is 5.53 Å². The second kappa shape index (κ2) is 8.53. The summed E-state index contributed by atoms with van der Waals surface area (Å²) in [5.41, 5.74) is 9.12. The number of ether oxygens (including phenoxy) is 4. The zero-order valence-electron chi connectivity index (χ0n) is 15.6. The van der Waals surface area contributed by atoms with Gasteiger partial charge in [0, 0.05) is 22.6 Å². The molecule has 0 spiro atoms. The Kier molecular flexibility index (Phi) is 6.03. The summed E-state index contributed by atoms with van der Waals surface area (Å²) in [7, 11) is 1.53. The fraction of sp³-hybridized carbons (Fsp3) is 0.400. The predicted octanol–water partition coefficient (Wildman–Crippen LogP) is 4.63. The summed E-state index contributed by atoms with van der Waals surface area (Å²) in [5.74, 6) is 0. The largest absolute Gasteiger partial charge is 0.377 e. The average molecular weight is 434 g/mol. The molecule has 2 saturated heterocycles. The first-order valence-corrected chi connectivity index (χ1v) is 10.00. The second-order valence-electron chi connectivity index (χ2n) is 6.88. The number of hydrogen-bond acceptors (Lipinski definition) is 6. The third-order valence-corrected chi connectivity index (χ3v) is 5.91. The van der Waals surface area contributed by atoms with Gasteiger partial charge >= 0.3 is 0 Å². The van der Waals surface area contributed by atoms with Crippen LogP contribution in [-0.2, 0) is 24.5 Å². The molecule has 6 atom stereocenters. The van der Waals surface area contributed by atoms with Crippen LogP contribution in [0, 0.1) is 0 Å². The topological polar surface area (TPSA) is 85.7 Å². The number of benzene rings is 2. The number of fused-ring (bicyclic) bond motifs is 1.